The smallest absolute Gasteiger partial charge is 0.163 e. The van der Waals surface area contributed by atoms with Crippen molar-refractivity contribution < 1.29 is 4.42 Å². The Morgan fingerprint density at radius 3 is 0.872 bits per heavy atom. The van der Waals surface area contributed by atoms with E-state index < -0.39 is 0 Å². The maximum Gasteiger partial charge on any atom is 0.163 e. The molecule has 0 aliphatic rings. The standard InChI is InChI=1S/C45B28N4O/c46-10-1(2-12(48)24(60)30(66)25(61)13(2)49)11(47)23(59)18(54)7(10)43-74-44(8-19(55)28(64)31(67)29(65)20(8)56)76-45(75-43)9-17(53)16(52)5-6-21(57)40(36(72)37(73)42(6)78-41(5)22(9)58)77-38-3(14(50)26(62)32(68)34(38)70)4-15(51)27(63)33(69)35(71)39(4)77. The van der Waals surface area contributed by atoms with Gasteiger partial charge in [0.2, 0.25) is 0 Å². The largest absolute Gasteiger partial charge is 0.457 e. The van der Waals surface area contributed by atoms with Crippen molar-refractivity contribution in [2.45, 2.75) is 0 Å². The van der Waals surface area contributed by atoms with Gasteiger partial charge in [-0.2, -0.15) is 0 Å². The van der Waals surface area contributed by atoms with Crippen LogP contribution < -0.4 is 153 Å². The Hall–Kier alpha value is -5.03. The van der Waals surface area contributed by atoms with Crippen molar-refractivity contribution in [3.63, 3.8) is 0 Å². The summed E-state index contributed by atoms with van der Waals surface area (Å²) in [6, 6.07) is 0. The van der Waals surface area contributed by atoms with Crippen LogP contribution in [0.25, 0.3) is 94.7 Å². The van der Waals surface area contributed by atoms with Gasteiger partial charge in [0.25, 0.3) is 0 Å². The average Bonchev–Trinajstić information content (AvgIpc) is 3.91. The molecule has 78 heavy (non-hydrogen) atoms. The van der Waals surface area contributed by atoms with Crippen LogP contribution in [-0.2, 0) is 0 Å². The normalized spacial score (nSPS) is 11.7. The zero-order chi connectivity index (χ0) is 57.4. The number of hydrogen-bond donors (Lipinski definition) is 0. The van der Waals surface area contributed by atoms with Gasteiger partial charge in [0.15, 0.2) is 17.5 Å². The molecule has 3 aromatic heterocycles. The maximum absolute atomic E-state index is 7.21. The van der Waals surface area contributed by atoms with Gasteiger partial charge in [0.1, 0.15) is 231 Å². The second-order valence-corrected chi connectivity index (χ2v) is 18.4. The summed E-state index contributed by atoms with van der Waals surface area (Å²) in [5, 5.41) is 0.407. The van der Waals surface area contributed by atoms with E-state index in [-0.39, 0.29) is 248 Å². The summed E-state index contributed by atoms with van der Waals surface area (Å²) in [4.78, 5) is 14.2. The van der Waals surface area contributed by atoms with Crippen LogP contribution in [0.4, 0.5) is 0 Å². The highest BCUT2D eigenvalue weighted by Crippen LogP contribution is 2.31. The monoisotopic (exact) mass is 920 g/mol. The average molecular weight is 915 g/mol. The first-order chi connectivity index (χ1) is 36.4. The van der Waals surface area contributed by atoms with Gasteiger partial charge in [0, 0.05) is 44.2 Å². The molecule has 0 spiro atoms. The first-order valence-electron chi connectivity index (χ1n) is 22.5. The molecule has 33 heteroatoms. The first-order valence-corrected chi connectivity index (χ1v) is 22.5. The number of fused-ring (bicyclic) bond motifs is 6. The third kappa shape index (κ3) is 7.52. The van der Waals surface area contributed by atoms with Gasteiger partial charge >= 0.3 is 0 Å². The Balaban J connectivity index is 1.33. The number of hydrogen-bond acceptors (Lipinski definition) is 4. The molecule has 7 aromatic carbocycles. The predicted molar refractivity (Wildman–Crippen MR) is 354 cm³/mol. The van der Waals surface area contributed by atoms with Crippen LogP contribution in [0, 0.1) is 0 Å². The number of nitrogens with zero attached hydrogens (tertiary/aromatic N) is 4. The van der Waals surface area contributed by atoms with Gasteiger partial charge in [-0.25, -0.2) is 15.0 Å². The highest BCUT2D eigenvalue weighted by molar-refractivity contribution is 6.75. The van der Waals surface area contributed by atoms with E-state index in [2.05, 4.69) is 0 Å². The van der Waals surface area contributed by atoms with E-state index in [1.165, 1.54) is 4.57 Å². The summed E-state index contributed by atoms with van der Waals surface area (Å²) in [6.45, 7) is 0. The van der Waals surface area contributed by atoms with E-state index in [9.17, 15) is 0 Å². The number of rotatable bonds is 5. The van der Waals surface area contributed by atoms with Gasteiger partial charge in [-0.1, -0.05) is 87.4 Å². The van der Waals surface area contributed by atoms with E-state index in [1.807, 2.05) is 0 Å². The quantitative estimate of drug-likeness (QED) is 0.161. The number of aromatic nitrogens is 4. The van der Waals surface area contributed by atoms with E-state index in [1.54, 1.807) is 0 Å². The zero-order valence-electron chi connectivity index (χ0n) is 40.9. The van der Waals surface area contributed by atoms with Crippen molar-refractivity contribution in [1.82, 2.24) is 19.5 Å². The first kappa shape index (κ1) is 56.3. The second kappa shape index (κ2) is 19.3. The lowest BCUT2D eigenvalue weighted by molar-refractivity contribution is 0.674. The topological polar surface area (TPSA) is 56.7 Å². The Morgan fingerprint density at radius 1 is 0.205 bits per heavy atom. The molecular formula is C45B28N4O. The molecule has 10 rings (SSSR count). The van der Waals surface area contributed by atoms with Gasteiger partial charge in [-0.05, 0) is 27.4 Å². The van der Waals surface area contributed by atoms with E-state index in [4.69, 9.17) is 239 Å². The lowest BCUT2D eigenvalue weighted by Gasteiger charge is -2.28. The molecule has 0 amide bonds. The van der Waals surface area contributed by atoms with Crippen molar-refractivity contribution in [3.05, 3.63) is 0 Å². The molecule has 0 atom stereocenters. The van der Waals surface area contributed by atoms with Crippen molar-refractivity contribution in [2.24, 2.45) is 0 Å². The lowest BCUT2D eigenvalue weighted by Crippen LogP contribution is -2.57. The number of furan rings is 1. The molecule has 290 valence electrons. The van der Waals surface area contributed by atoms with Crippen molar-refractivity contribution in [2.75, 3.05) is 0 Å². The molecule has 0 unspecified atom stereocenters. The molecule has 56 radical (unpaired) electrons. The minimum absolute atomic E-state index is 0.0196. The lowest BCUT2D eigenvalue weighted by atomic mass is 9.56. The molecule has 10 aromatic rings. The fourth-order valence-electron chi connectivity index (χ4n) is 10.0. The number of benzene rings is 7. The van der Waals surface area contributed by atoms with Crippen LogP contribution in [0.3, 0.4) is 0 Å². The van der Waals surface area contributed by atoms with Gasteiger partial charge in [0.05, 0.1) is 0 Å². The van der Waals surface area contributed by atoms with Crippen molar-refractivity contribution in [1.29, 1.82) is 0 Å². The highest BCUT2D eigenvalue weighted by Gasteiger charge is 2.30. The molecular weight excluding hydrogens is 915 g/mol. The third-order valence-electron chi connectivity index (χ3n) is 14.4. The van der Waals surface area contributed by atoms with Gasteiger partial charge in [-0.3, -0.25) is 0 Å². The van der Waals surface area contributed by atoms with Crippen LogP contribution in [0.5, 0.6) is 0 Å². The van der Waals surface area contributed by atoms with Gasteiger partial charge in [-0.15, -0.1) is 60.1 Å². The Kier molecular flexibility index (Phi) is 13.9. The predicted octanol–water partition coefficient (Wildman–Crippen LogP) is -22.2. The fraction of sp³-hybridized carbons (Fsp3) is 0. The summed E-state index contributed by atoms with van der Waals surface area (Å²) in [7, 11) is 185. The van der Waals surface area contributed by atoms with Gasteiger partial charge < -0.3 is 8.98 Å². The van der Waals surface area contributed by atoms with Crippen molar-refractivity contribution in [3.8, 4) is 51.0 Å². The highest BCUT2D eigenvalue weighted by atomic mass is 16.3. The summed E-state index contributed by atoms with van der Waals surface area (Å²) in [5.41, 5.74) is -5.31. The van der Waals surface area contributed by atoms with Crippen LogP contribution >= 0.6 is 0 Å². The minimum atomic E-state index is -0.358. The molecule has 0 saturated heterocycles. The summed E-state index contributed by atoms with van der Waals surface area (Å²) < 4.78 is 7.90. The molecule has 0 aliphatic carbocycles. The molecule has 3 heterocycles. The molecule has 0 fully saturated rings. The summed E-state index contributed by atoms with van der Waals surface area (Å²) >= 11 is 0. The molecule has 0 N–H and O–H groups in total. The molecule has 0 bridgehead atoms. The fourth-order valence-corrected chi connectivity index (χ4v) is 10.0. The maximum atomic E-state index is 7.21. The molecule has 0 aliphatic heterocycles. The van der Waals surface area contributed by atoms with E-state index in [0.717, 1.165) is 0 Å². The van der Waals surface area contributed by atoms with E-state index >= 15 is 0 Å². The Morgan fingerprint density at radius 2 is 0.462 bits per heavy atom. The van der Waals surface area contributed by atoms with E-state index in [0.29, 0.717) is 0 Å². The second-order valence-electron chi connectivity index (χ2n) is 18.4. The van der Waals surface area contributed by atoms with Crippen molar-refractivity contribution >= 4 is 416 Å². The SMILES string of the molecule is [B]c1c([B])c([B])c(-c2nc(-c3c([B])c([B])c([B])c(-c4c([B])c([B])c([B])c([B])c4[B])c3[B])nc(-c3c([B])c([B])c4c(oc5c([B])c([B])c(-n6c7c([B])c([B])c([B])c([B])c7c7c([B])c([B])c([B])c([B])c76)c([B])c54)c3[B])n2)c([B])c1[B]. The third-order valence-corrected chi connectivity index (χ3v) is 14.4. The van der Waals surface area contributed by atoms with Crippen LogP contribution in [0.15, 0.2) is 4.42 Å². The zero-order valence-corrected chi connectivity index (χ0v) is 40.9. The molecule has 0 saturated carbocycles. The summed E-state index contributed by atoms with van der Waals surface area (Å²) in [6.07, 6.45) is 0. The Bertz CT molecular complexity index is 4360. The molecule has 5 nitrogen and oxygen atoms in total. The van der Waals surface area contributed by atoms with Crippen LogP contribution in [0.2, 0.25) is 0 Å². The minimum Gasteiger partial charge on any atom is -0.457 e. The van der Waals surface area contributed by atoms with Crippen LogP contribution in [-0.4, -0.2) is 239 Å². The summed E-state index contributed by atoms with van der Waals surface area (Å²) in [5.74, 6) is -1.05. The van der Waals surface area contributed by atoms with Crippen LogP contribution in [0.1, 0.15) is 0 Å². The Labute approximate surface area is 488 Å².